The third kappa shape index (κ3) is 52.5. The van der Waals surface area contributed by atoms with E-state index in [1.54, 1.807) is 0 Å². The Labute approximate surface area is 77.5 Å². The average Bonchev–Trinajstić information content (AvgIpc) is 0. The Morgan fingerprint density at radius 2 is 0.500 bits per heavy atom. The summed E-state index contributed by atoms with van der Waals surface area (Å²) in [5, 5.41) is 0. The normalized spacial score (nSPS) is 0. The second-order valence-corrected chi connectivity index (χ2v) is 0. The van der Waals surface area contributed by atoms with Crippen molar-refractivity contribution in [2.24, 2.45) is 0 Å². The fraction of sp³-hybridized carbons (Fsp3) is 0. The summed E-state index contributed by atoms with van der Waals surface area (Å²) in [5.41, 5.74) is 0. The van der Waals surface area contributed by atoms with Crippen molar-refractivity contribution in [3.8, 4) is 0 Å². The monoisotopic (exact) mass is 126 g/mol. The topological polar surface area (TPSA) is 0 Å². The van der Waals surface area contributed by atoms with E-state index in [-0.39, 0.29) is 78.6 Å². The van der Waals surface area contributed by atoms with Gasteiger partial charge in [-0.3, -0.25) is 0 Å². The maximum absolute atomic E-state index is 0. The van der Waals surface area contributed by atoms with Crippen LogP contribution in [0.3, 0.4) is 0 Å². The Morgan fingerprint density at radius 3 is 0.500 bits per heavy atom. The Hall–Kier alpha value is 1.42. The van der Waals surface area contributed by atoms with E-state index >= 15 is 0 Å². The van der Waals surface area contributed by atoms with Crippen LogP contribution in [0.5, 0.6) is 0 Å². The summed E-state index contributed by atoms with van der Waals surface area (Å²) >= 11 is 0. The van der Waals surface area contributed by atoms with Gasteiger partial charge in [0.05, 0.1) is 0 Å². The molecule has 0 aliphatic heterocycles. The van der Waals surface area contributed by atoms with Crippen molar-refractivity contribution in [2.75, 3.05) is 0 Å². The summed E-state index contributed by atoms with van der Waals surface area (Å²) < 4.78 is 0. The zero-order chi connectivity index (χ0) is 0. The SMILES string of the molecule is [B+3].[F-].[F-].[F-].[F-].[K+]. The van der Waals surface area contributed by atoms with Crippen LogP contribution in [-0.4, -0.2) is 8.41 Å². The van der Waals surface area contributed by atoms with E-state index in [0.29, 0.717) is 0 Å². The van der Waals surface area contributed by atoms with Gasteiger partial charge >= 0.3 is 59.8 Å². The van der Waals surface area contributed by atoms with Crippen molar-refractivity contribution < 1.29 is 70.2 Å². The summed E-state index contributed by atoms with van der Waals surface area (Å²) in [6, 6.07) is 0. The third-order valence-corrected chi connectivity index (χ3v) is 0. The quantitative estimate of drug-likeness (QED) is 0.223. The second-order valence-electron chi connectivity index (χ2n) is 0. The Kier molecular flexibility index (Phi) is 2360. The van der Waals surface area contributed by atoms with Gasteiger partial charge < -0.3 is 18.8 Å². The molecule has 0 N–H and O–H groups in total. The third-order valence-electron chi connectivity index (χ3n) is 0. The first-order chi connectivity index (χ1) is 0. The zero-order valence-corrected chi connectivity index (χ0v) is 6.21. The van der Waals surface area contributed by atoms with Crippen molar-refractivity contribution in [3.05, 3.63) is 0 Å². The zero-order valence-electron chi connectivity index (χ0n) is 3.09. The number of hydrogen-bond acceptors (Lipinski definition) is 0. The molecule has 0 nitrogen and oxygen atoms in total. The van der Waals surface area contributed by atoms with Crippen LogP contribution >= 0.6 is 0 Å². The molecule has 32 valence electrons. The largest absolute Gasteiger partial charge is 3.00 e. The number of halogens is 4. The first-order valence-electron chi connectivity index (χ1n) is 0. The van der Waals surface area contributed by atoms with E-state index in [2.05, 4.69) is 0 Å². The molecule has 0 bridgehead atoms. The van der Waals surface area contributed by atoms with Gasteiger partial charge in [-0.2, -0.15) is 0 Å². The van der Waals surface area contributed by atoms with Gasteiger partial charge in [-0.1, -0.05) is 0 Å². The van der Waals surface area contributed by atoms with Gasteiger partial charge in [0, 0.05) is 0 Å². The Morgan fingerprint density at radius 1 is 0.500 bits per heavy atom. The smallest absolute Gasteiger partial charge is 1.00 e. The van der Waals surface area contributed by atoms with Crippen molar-refractivity contribution in [2.45, 2.75) is 0 Å². The molecule has 0 atom stereocenters. The summed E-state index contributed by atoms with van der Waals surface area (Å²) in [7, 11) is 0. The number of rotatable bonds is 0. The van der Waals surface area contributed by atoms with Gasteiger partial charge in [0.15, 0.2) is 0 Å². The van der Waals surface area contributed by atoms with Crippen LogP contribution in [-0.2, 0) is 0 Å². The molecule has 0 aliphatic carbocycles. The maximum atomic E-state index is 0. The molecular formula is BF4K. The van der Waals surface area contributed by atoms with Crippen molar-refractivity contribution in [3.63, 3.8) is 0 Å². The van der Waals surface area contributed by atoms with Crippen LogP contribution in [0.15, 0.2) is 0 Å². The minimum Gasteiger partial charge on any atom is -1.00 e. The van der Waals surface area contributed by atoms with Gasteiger partial charge in [0.2, 0.25) is 0 Å². The van der Waals surface area contributed by atoms with Gasteiger partial charge in [0.25, 0.3) is 0 Å². The van der Waals surface area contributed by atoms with E-state index in [9.17, 15) is 0 Å². The van der Waals surface area contributed by atoms with Crippen LogP contribution < -0.4 is 70.2 Å². The molecule has 0 aromatic rings. The van der Waals surface area contributed by atoms with E-state index in [1.807, 2.05) is 0 Å². The molecule has 0 unspecified atom stereocenters. The van der Waals surface area contributed by atoms with Crippen LogP contribution in [0.1, 0.15) is 0 Å². The van der Waals surface area contributed by atoms with Gasteiger partial charge in [-0.25, -0.2) is 0 Å². The van der Waals surface area contributed by atoms with E-state index in [4.69, 9.17) is 0 Å². The predicted molar refractivity (Wildman–Crippen MR) is 5.75 cm³/mol. The number of hydrogen-bond donors (Lipinski definition) is 0. The van der Waals surface area contributed by atoms with Crippen molar-refractivity contribution in [1.82, 2.24) is 0 Å². The molecule has 0 saturated carbocycles. The molecule has 0 aromatic heterocycles. The molecule has 0 aromatic carbocycles. The first-order valence-corrected chi connectivity index (χ1v) is 0. The molecule has 0 rings (SSSR count). The first kappa shape index (κ1) is 151. The summed E-state index contributed by atoms with van der Waals surface area (Å²) in [6.07, 6.45) is 0. The van der Waals surface area contributed by atoms with Gasteiger partial charge in [-0.05, 0) is 0 Å². The Balaban J connectivity index is 0. The molecule has 0 radical (unpaired) electrons. The molecule has 0 saturated heterocycles. The molecule has 0 aliphatic rings. The second kappa shape index (κ2) is 93.4. The van der Waals surface area contributed by atoms with E-state index < -0.39 is 0 Å². The standard InChI is InChI=1S/B.4FH.K/h;4*1H;/q+3;;;;;+1/p-4. The van der Waals surface area contributed by atoms with Crippen molar-refractivity contribution in [1.29, 1.82) is 0 Å². The van der Waals surface area contributed by atoms with E-state index in [1.165, 1.54) is 0 Å². The van der Waals surface area contributed by atoms with Gasteiger partial charge in [0.1, 0.15) is 0 Å². The molecule has 0 heterocycles. The van der Waals surface area contributed by atoms with Crippen LogP contribution in [0.4, 0.5) is 0 Å². The average molecular weight is 126 g/mol. The predicted octanol–water partition coefficient (Wildman–Crippen LogP) is -15.4. The fourth-order valence-electron chi connectivity index (χ4n) is 0. The molecule has 6 heavy (non-hydrogen) atoms. The van der Waals surface area contributed by atoms with Gasteiger partial charge in [-0.15, -0.1) is 0 Å². The fourth-order valence-corrected chi connectivity index (χ4v) is 0. The van der Waals surface area contributed by atoms with Crippen LogP contribution in [0.2, 0.25) is 0 Å². The molecular weight excluding hydrogens is 126 g/mol. The summed E-state index contributed by atoms with van der Waals surface area (Å²) in [6.45, 7) is 0. The van der Waals surface area contributed by atoms with E-state index in [0.717, 1.165) is 0 Å². The minimum atomic E-state index is 0. The summed E-state index contributed by atoms with van der Waals surface area (Å²) in [4.78, 5) is 0. The molecule has 6 heteroatoms. The Bertz CT molecular complexity index is 7.51. The molecule has 0 amide bonds. The van der Waals surface area contributed by atoms with Crippen LogP contribution in [0.25, 0.3) is 0 Å². The molecule has 0 spiro atoms. The van der Waals surface area contributed by atoms with Crippen molar-refractivity contribution >= 4 is 8.41 Å². The molecule has 0 fully saturated rings. The minimum absolute atomic E-state index is 0. The van der Waals surface area contributed by atoms with Crippen LogP contribution in [0, 0.1) is 0 Å². The maximum Gasteiger partial charge on any atom is 3.00 e. The summed E-state index contributed by atoms with van der Waals surface area (Å²) in [5.74, 6) is 0.